The molecule has 2 aromatic rings. The number of benzene rings is 2. The van der Waals surface area contributed by atoms with Gasteiger partial charge in [-0.2, -0.15) is 0 Å². The summed E-state index contributed by atoms with van der Waals surface area (Å²) in [7, 11) is 0. The SMILES string of the molecule is N=Cc1ccc(OCC2CN(C(=O)c3cc4c(cc3F)OCC(=O)N4)C2)cc1N. The zero-order valence-electron chi connectivity index (χ0n) is 15.4. The van der Waals surface area contributed by atoms with Gasteiger partial charge < -0.3 is 30.8 Å². The predicted octanol–water partition coefficient (Wildman–Crippen LogP) is 1.89. The number of nitrogen functional groups attached to an aromatic ring is 1. The van der Waals surface area contributed by atoms with Gasteiger partial charge in [0.15, 0.2) is 6.61 Å². The lowest BCUT2D eigenvalue weighted by atomic mass is 9.99. The third kappa shape index (κ3) is 3.71. The van der Waals surface area contributed by atoms with Crippen molar-refractivity contribution in [1.82, 2.24) is 4.90 Å². The summed E-state index contributed by atoms with van der Waals surface area (Å²) in [5, 5.41) is 9.81. The third-order valence-electron chi connectivity index (χ3n) is 4.88. The molecule has 2 aliphatic rings. The molecule has 0 atom stereocenters. The van der Waals surface area contributed by atoms with E-state index in [0.717, 1.165) is 6.07 Å². The average molecular weight is 398 g/mol. The second-order valence-corrected chi connectivity index (χ2v) is 6.99. The van der Waals surface area contributed by atoms with Crippen LogP contribution in [0.1, 0.15) is 15.9 Å². The molecule has 2 heterocycles. The molecule has 1 saturated heterocycles. The summed E-state index contributed by atoms with van der Waals surface area (Å²) in [6.45, 7) is 1.09. The summed E-state index contributed by atoms with van der Waals surface area (Å²) in [6, 6.07) is 7.51. The van der Waals surface area contributed by atoms with Gasteiger partial charge in [-0.3, -0.25) is 9.59 Å². The summed E-state index contributed by atoms with van der Waals surface area (Å²) in [6.07, 6.45) is 1.17. The minimum atomic E-state index is -0.689. The van der Waals surface area contributed by atoms with Crippen molar-refractivity contribution in [2.24, 2.45) is 5.92 Å². The molecule has 4 N–H and O–H groups in total. The van der Waals surface area contributed by atoms with Gasteiger partial charge in [0, 0.05) is 48.6 Å². The molecule has 4 rings (SSSR count). The summed E-state index contributed by atoms with van der Waals surface area (Å²) in [5.41, 5.74) is 7.09. The van der Waals surface area contributed by atoms with Gasteiger partial charge in [-0.25, -0.2) is 4.39 Å². The molecule has 150 valence electrons. The number of halogens is 1. The van der Waals surface area contributed by atoms with Crippen molar-refractivity contribution in [1.29, 1.82) is 5.41 Å². The Labute approximate surface area is 165 Å². The van der Waals surface area contributed by atoms with Crippen molar-refractivity contribution in [2.45, 2.75) is 0 Å². The van der Waals surface area contributed by atoms with Crippen molar-refractivity contribution in [2.75, 3.05) is 37.4 Å². The fraction of sp³-hybridized carbons (Fsp3) is 0.250. The summed E-state index contributed by atoms with van der Waals surface area (Å²) < 4.78 is 25.2. The van der Waals surface area contributed by atoms with E-state index in [9.17, 15) is 14.0 Å². The number of anilines is 2. The monoisotopic (exact) mass is 398 g/mol. The van der Waals surface area contributed by atoms with Crippen LogP contribution in [0, 0.1) is 17.1 Å². The smallest absolute Gasteiger partial charge is 0.262 e. The highest BCUT2D eigenvalue weighted by Crippen LogP contribution is 2.32. The van der Waals surface area contributed by atoms with Crippen molar-refractivity contribution in [3.05, 3.63) is 47.3 Å². The van der Waals surface area contributed by atoms with Crippen molar-refractivity contribution in [3.8, 4) is 11.5 Å². The number of rotatable bonds is 5. The Morgan fingerprint density at radius 3 is 2.90 bits per heavy atom. The number of amides is 2. The first-order valence-corrected chi connectivity index (χ1v) is 9.03. The van der Waals surface area contributed by atoms with Gasteiger partial charge in [0.2, 0.25) is 0 Å². The zero-order valence-corrected chi connectivity index (χ0v) is 15.4. The maximum atomic E-state index is 14.3. The highest BCUT2D eigenvalue weighted by atomic mass is 19.1. The fourth-order valence-corrected chi connectivity index (χ4v) is 3.27. The number of carbonyl (C=O) groups excluding carboxylic acids is 2. The van der Waals surface area contributed by atoms with Crippen LogP contribution in [-0.4, -0.2) is 49.2 Å². The van der Waals surface area contributed by atoms with Crippen molar-refractivity contribution in [3.63, 3.8) is 0 Å². The second-order valence-electron chi connectivity index (χ2n) is 6.99. The molecule has 29 heavy (non-hydrogen) atoms. The Balaban J connectivity index is 1.34. The molecule has 2 aromatic carbocycles. The number of carbonyl (C=O) groups is 2. The minimum absolute atomic E-state index is 0.107. The summed E-state index contributed by atoms with van der Waals surface area (Å²) in [5.74, 6) is -0.562. The summed E-state index contributed by atoms with van der Waals surface area (Å²) >= 11 is 0. The quantitative estimate of drug-likeness (QED) is 0.525. The number of nitrogens with one attached hydrogen (secondary N) is 2. The van der Waals surface area contributed by atoms with Crippen LogP contribution in [0.2, 0.25) is 0 Å². The number of hydrogen-bond donors (Lipinski definition) is 3. The lowest BCUT2D eigenvalue weighted by Crippen LogP contribution is -2.52. The number of likely N-dealkylation sites (tertiary alicyclic amines) is 1. The van der Waals surface area contributed by atoms with Gasteiger partial charge >= 0.3 is 0 Å². The Morgan fingerprint density at radius 2 is 2.17 bits per heavy atom. The van der Waals surface area contributed by atoms with Crippen LogP contribution in [0.25, 0.3) is 0 Å². The van der Waals surface area contributed by atoms with Crippen LogP contribution in [0.3, 0.4) is 0 Å². The largest absolute Gasteiger partial charge is 0.493 e. The number of hydrogen-bond acceptors (Lipinski definition) is 6. The Morgan fingerprint density at radius 1 is 1.38 bits per heavy atom. The molecule has 2 aliphatic heterocycles. The first-order valence-electron chi connectivity index (χ1n) is 9.03. The molecule has 2 amide bonds. The van der Waals surface area contributed by atoms with E-state index in [1.54, 1.807) is 18.2 Å². The van der Waals surface area contributed by atoms with Gasteiger partial charge in [-0.05, 0) is 18.2 Å². The van der Waals surface area contributed by atoms with E-state index in [1.165, 1.54) is 17.2 Å². The van der Waals surface area contributed by atoms with E-state index in [0.29, 0.717) is 36.7 Å². The van der Waals surface area contributed by atoms with E-state index < -0.39 is 11.7 Å². The van der Waals surface area contributed by atoms with E-state index in [1.807, 2.05) is 0 Å². The fourth-order valence-electron chi connectivity index (χ4n) is 3.27. The molecule has 0 unspecified atom stereocenters. The van der Waals surface area contributed by atoms with Crippen LogP contribution in [0.4, 0.5) is 15.8 Å². The van der Waals surface area contributed by atoms with E-state index in [-0.39, 0.29) is 35.4 Å². The van der Waals surface area contributed by atoms with Gasteiger partial charge in [0.05, 0.1) is 17.9 Å². The normalized spacial score (nSPS) is 15.6. The van der Waals surface area contributed by atoms with Crippen LogP contribution in [0.15, 0.2) is 30.3 Å². The average Bonchev–Trinajstić information content (AvgIpc) is 2.66. The van der Waals surface area contributed by atoms with E-state index in [2.05, 4.69) is 5.32 Å². The molecule has 0 spiro atoms. The first-order chi connectivity index (χ1) is 13.9. The molecule has 9 heteroatoms. The van der Waals surface area contributed by atoms with E-state index in [4.69, 9.17) is 20.6 Å². The van der Waals surface area contributed by atoms with Gasteiger partial charge in [0.25, 0.3) is 11.8 Å². The van der Waals surface area contributed by atoms with Gasteiger partial charge in [-0.1, -0.05) is 0 Å². The van der Waals surface area contributed by atoms with E-state index >= 15 is 0 Å². The third-order valence-corrected chi connectivity index (χ3v) is 4.88. The molecular weight excluding hydrogens is 379 g/mol. The van der Waals surface area contributed by atoms with Gasteiger partial charge in [-0.15, -0.1) is 0 Å². The van der Waals surface area contributed by atoms with Crippen LogP contribution >= 0.6 is 0 Å². The number of nitrogens with two attached hydrogens (primary N) is 1. The van der Waals surface area contributed by atoms with Crippen LogP contribution in [0.5, 0.6) is 11.5 Å². The minimum Gasteiger partial charge on any atom is -0.493 e. The van der Waals surface area contributed by atoms with Crippen LogP contribution in [-0.2, 0) is 4.79 Å². The maximum Gasteiger partial charge on any atom is 0.262 e. The standard InChI is InChI=1S/C20H19FN4O4/c21-15-5-18-17(24-19(26)10-29-18)4-14(15)20(27)25-7-11(8-25)9-28-13-2-1-12(6-22)16(23)3-13/h1-6,11,22H,7-10,23H2,(H,24,26). The zero-order chi connectivity index (χ0) is 20.5. The molecule has 0 radical (unpaired) electrons. The highest BCUT2D eigenvalue weighted by Gasteiger charge is 2.33. The molecule has 1 fully saturated rings. The molecular formula is C20H19FN4O4. The predicted molar refractivity (Wildman–Crippen MR) is 104 cm³/mol. The molecule has 0 aromatic heterocycles. The Kier molecular flexibility index (Phi) is 4.79. The molecule has 0 bridgehead atoms. The Bertz CT molecular complexity index is 1000. The van der Waals surface area contributed by atoms with Gasteiger partial charge in [0.1, 0.15) is 17.3 Å². The molecule has 8 nitrogen and oxygen atoms in total. The topological polar surface area (TPSA) is 118 Å². The number of fused-ring (bicyclic) bond motifs is 1. The van der Waals surface area contributed by atoms with Crippen molar-refractivity contribution >= 4 is 29.4 Å². The number of nitrogens with zero attached hydrogens (tertiary/aromatic N) is 1. The first kappa shape index (κ1) is 18.7. The summed E-state index contributed by atoms with van der Waals surface area (Å²) in [4.78, 5) is 25.6. The molecule has 0 aliphatic carbocycles. The Hall–Kier alpha value is -3.62. The van der Waals surface area contributed by atoms with Crippen LogP contribution < -0.4 is 20.5 Å². The highest BCUT2D eigenvalue weighted by molar-refractivity contribution is 6.00. The second kappa shape index (κ2) is 7.42. The lowest BCUT2D eigenvalue weighted by molar-refractivity contribution is -0.118. The number of ether oxygens (including phenoxy) is 2. The maximum absolute atomic E-state index is 14.3. The van der Waals surface area contributed by atoms with Crippen molar-refractivity contribution < 1.29 is 23.5 Å². The lowest BCUT2D eigenvalue weighted by Gasteiger charge is -2.39. The molecule has 0 saturated carbocycles.